The molecule has 0 aromatic heterocycles. The molecule has 1 amide bonds. The molecule has 0 fully saturated rings. The SMILES string of the molecule is C=CC(=O)NCCCCOc1ccccc1C=Nc1ccccc1. The van der Waals surface area contributed by atoms with E-state index in [1.165, 1.54) is 6.08 Å². The Labute approximate surface area is 142 Å². The molecule has 0 unspecified atom stereocenters. The zero-order valence-electron chi connectivity index (χ0n) is 13.7. The smallest absolute Gasteiger partial charge is 0.243 e. The van der Waals surface area contributed by atoms with Crippen molar-refractivity contribution in [2.24, 2.45) is 4.99 Å². The highest BCUT2D eigenvalue weighted by atomic mass is 16.5. The van der Waals surface area contributed by atoms with Crippen molar-refractivity contribution >= 4 is 17.8 Å². The molecule has 0 saturated carbocycles. The fourth-order valence-electron chi connectivity index (χ4n) is 2.07. The van der Waals surface area contributed by atoms with Gasteiger partial charge in [0, 0.05) is 18.3 Å². The van der Waals surface area contributed by atoms with E-state index in [-0.39, 0.29) is 5.91 Å². The highest BCUT2D eigenvalue weighted by molar-refractivity contribution is 5.86. The minimum atomic E-state index is -0.140. The molecule has 0 aliphatic heterocycles. The average molecular weight is 322 g/mol. The lowest BCUT2D eigenvalue weighted by Crippen LogP contribution is -2.22. The molecule has 2 aromatic rings. The van der Waals surface area contributed by atoms with E-state index in [1.54, 1.807) is 0 Å². The van der Waals surface area contributed by atoms with Crippen LogP contribution in [0, 0.1) is 0 Å². The Morgan fingerprint density at radius 3 is 2.62 bits per heavy atom. The first-order valence-corrected chi connectivity index (χ1v) is 8.01. The molecule has 0 saturated heterocycles. The molecular weight excluding hydrogens is 300 g/mol. The van der Waals surface area contributed by atoms with Crippen molar-refractivity contribution in [2.45, 2.75) is 12.8 Å². The number of carbonyl (C=O) groups is 1. The lowest BCUT2D eigenvalue weighted by atomic mass is 10.2. The second kappa shape index (κ2) is 10.0. The standard InChI is InChI=1S/C20H22N2O2/c1-2-20(23)21-14-8-9-15-24-19-13-7-6-10-17(19)16-22-18-11-4-3-5-12-18/h2-7,10-13,16H,1,8-9,14-15H2,(H,21,23). The Kier molecular flexibility index (Phi) is 7.28. The zero-order chi connectivity index (χ0) is 17.0. The maximum Gasteiger partial charge on any atom is 0.243 e. The number of aliphatic imine (C=N–C) groups is 1. The largest absolute Gasteiger partial charge is 0.493 e. The molecule has 0 bridgehead atoms. The molecule has 4 nitrogen and oxygen atoms in total. The fourth-order valence-corrected chi connectivity index (χ4v) is 2.07. The van der Waals surface area contributed by atoms with Crippen LogP contribution in [0.1, 0.15) is 18.4 Å². The van der Waals surface area contributed by atoms with Crippen molar-refractivity contribution in [1.82, 2.24) is 5.32 Å². The molecule has 2 aromatic carbocycles. The van der Waals surface area contributed by atoms with E-state index >= 15 is 0 Å². The van der Waals surface area contributed by atoms with Gasteiger partial charge in [-0.25, -0.2) is 0 Å². The maximum atomic E-state index is 11.0. The van der Waals surface area contributed by atoms with Gasteiger partial charge in [-0.1, -0.05) is 36.9 Å². The molecule has 0 atom stereocenters. The summed E-state index contributed by atoms with van der Waals surface area (Å²) in [6.07, 6.45) is 4.81. The van der Waals surface area contributed by atoms with Crippen LogP contribution in [0.15, 0.2) is 72.2 Å². The number of hydrogen-bond donors (Lipinski definition) is 1. The van der Waals surface area contributed by atoms with Gasteiger partial charge in [-0.05, 0) is 43.2 Å². The molecule has 0 spiro atoms. The summed E-state index contributed by atoms with van der Waals surface area (Å²) in [6.45, 7) is 4.64. The van der Waals surface area contributed by atoms with Crippen LogP contribution in [0.4, 0.5) is 5.69 Å². The van der Waals surface area contributed by atoms with Crippen LogP contribution in [0.25, 0.3) is 0 Å². The summed E-state index contributed by atoms with van der Waals surface area (Å²) in [7, 11) is 0. The van der Waals surface area contributed by atoms with Gasteiger partial charge in [0.15, 0.2) is 0 Å². The summed E-state index contributed by atoms with van der Waals surface area (Å²) in [5.41, 5.74) is 1.85. The summed E-state index contributed by atoms with van der Waals surface area (Å²) >= 11 is 0. The van der Waals surface area contributed by atoms with Gasteiger partial charge in [0.25, 0.3) is 0 Å². The number of nitrogens with one attached hydrogen (secondary N) is 1. The maximum absolute atomic E-state index is 11.0. The average Bonchev–Trinajstić information content (AvgIpc) is 2.64. The van der Waals surface area contributed by atoms with Gasteiger partial charge in [-0.3, -0.25) is 9.79 Å². The van der Waals surface area contributed by atoms with E-state index in [2.05, 4.69) is 16.9 Å². The number of unbranched alkanes of at least 4 members (excludes halogenated alkanes) is 1. The monoisotopic (exact) mass is 322 g/mol. The summed E-state index contributed by atoms with van der Waals surface area (Å²) in [5, 5.41) is 2.75. The van der Waals surface area contributed by atoms with Crippen molar-refractivity contribution in [2.75, 3.05) is 13.2 Å². The summed E-state index contributed by atoms with van der Waals surface area (Å²) in [5.74, 6) is 0.672. The molecule has 0 aliphatic carbocycles. The molecular formula is C20H22N2O2. The van der Waals surface area contributed by atoms with E-state index in [9.17, 15) is 4.79 Å². The van der Waals surface area contributed by atoms with Crippen molar-refractivity contribution in [3.8, 4) is 5.75 Å². The van der Waals surface area contributed by atoms with Gasteiger partial charge in [-0.15, -0.1) is 0 Å². The van der Waals surface area contributed by atoms with Crippen LogP contribution in [-0.4, -0.2) is 25.3 Å². The minimum absolute atomic E-state index is 0.140. The van der Waals surface area contributed by atoms with Crippen LogP contribution in [-0.2, 0) is 4.79 Å². The third-order valence-corrected chi connectivity index (χ3v) is 3.34. The summed E-state index contributed by atoms with van der Waals surface area (Å²) in [6, 6.07) is 17.6. The number of ether oxygens (including phenoxy) is 1. The third-order valence-electron chi connectivity index (χ3n) is 3.34. The predicted octanol–water partition coefficient (Wildman–Crippen LogP) is 3.90. The van der Waals surface area contributed by atoms with E-state index < -0.39 is 0 Å². The zero-order valence-corrected chi connectivity index (χ0v) is 13.7. The number of nitrogens with zero attached hydrogens (tertiary/aromatic N) is 1. The lowest BCUT2D eigenvalue weighted by molar-refractivity contribution is -0.116. The first-order chi connectivity index (χ1) is 11.8. The van der Waals surface area contributed by atoms with E-state index in [4.69, 9.17) is 4.74 Å². The van der Waals surface area contributed by atoms with Gasteiger partial charge in [-0.2, -0.15) is 0 Å². The van der Waals surface area contributed by atoms with Gasteiger partial charge in [0.2, 0.25) is 5.91 Å². The summed E-state index contributed by atoms with van der Waals surface area (Å²) in [4.78, 5) is 15.5. The van der Waals surface area contributed by atoms with Crippen molar-refractivity contribution in [1.29, 1.82) is 0 Å². The number of hydrogen-bond acceptors (Lipinski definition) is 3. The molecule has 2 rings (SSSR count). The van der Waals surface area contributed by atoms with Gasteiger partial charge >= 0.3 is 0 Å². The van der Waals surface area contributed by atoms with Gasteiger partial charge in [0.05, 0.1) is 12.3 Å². The molecule has 0 heterocycles. The van der Waals surface area contributed by atoms with Crippen LogP contribution in [0.5, 0.6) is 5.75 Å². The van der Waals surface area contributed by atoms with E-state index in [0.29, 0.717) is 13.2 Å². The Hall–Kier alpha value is -2.88. The Morgan fingerprint density at radius 1 is 1.08 bits per heavy atom. The third kappa shape index (κ3) is 6.08. The van der Waals surface area contributed by atoms with Crippen LogP contribution < -0.4 is 10.1 Å². The first kappa shape index (κ1) is 17.5. The van der Waals surface area contributed by atoms with Gasteiger partial charge < -0.3 is 10.1 Å². The Balaban J connectivity index is 1.82. The first-order valence-electron chi connectivity index (χ1n) is 8.01. The van der Waals surface area contributed by atoms with E-state index in [0.717, 1.165) is 29.8 Å². The van der Waals surface area contributed by atoms with Crippen molar-refractivity contribution in [3.05, 3.63) is 72.8 Å². The fraction of sp³-hybridized carbons (Fsp3) is 0.200. The molecule has 1 N–H and O–H groups in total. The Morgan fingerprint density at radius 2 is 1.83 bits per heavy atom. The highest BCUT2D eigenvalue weighted by Crippen LogP contribution is 2.18. The van der Waals surface area contributed by atoms with E-state index in [1.807, 2.05) is 60.8 Å². The Bertz CT molecular complexity index is 681. The van der Waals surface area contributed by atoms with Crippen LogP contribution in [0.2, 0.25) is 0 Å². The van der Waals surface area contributed by atoms with Crippen LogP contribution >= 0.6 is 0 Å². The molecule has 24 heavy (non-hydrogen) atoms. The lowest BCUT2D eigenvalue weighted by Gasteiger charge is -2.09. The molecule has 0 radical (unpaired) electrons. The molecule has 4 heteroatoms. The van der Waals surface area contributed by atoms with Gasteiger partial charge in [0.1, 0.15) is 5.75 Å². The second-order valence-corrected chi connectivity index (χ2v) is 5.18. The number of rotatable bonds is 9. The van der Waals surface area contributed by atoms with Crippen molar-refractivity contribution < 1.29 is 9.53 Å². The van der Waals surface area contributed by atoms with Crippen molar-refractivity contribution in [3.63, 3.8) is 0 Å². The number of para-hydroxylation sites is 2. The number of amides is 1. The normalized spacial score (nSPS) is 10.5. The summed E-state index contributed by atoms with van der Waals surface area (Å²) < 4.78 is 5.83. The second-order valence-electron chi connectivity index (χ2n) is 5.18. The minimum Gasteiger partial charge on any atom is -0.493 e. The van der Waals surface area contributed by atoms with Crippen LogP contribution in [0.3, 0.4) is 0 Å². The topological polar surface area (TPSA) is 50.7 Å². The molecule has 0 aliphatic rings. The highest BCUT2D eigenvalue weighted by Gasteiger charge is 2.01. The quantitative estimate of drug-likeness (QED) is 0.432. The number of carbonyl (C=O) groups excluding carboxylic acids is 1. The predicted molar refractivity (Wildman–Crippen MR) is 98.1 cm³/mol. The molecule has 124 valence electrons. The number of benzene rings is 2.